The number of unbranched alkanes of at least 4 members (excludes halogenated alkanes) is 6. The molecule has 4 nitrogen and oxygen atoms in total. The molecule has 0 aromatic rings. The van der Waals surface area contributed by atoms with Crippen LogP contribution in [0.25, 0.3) is 0 Å². The number of esters is 2. The van der Waals surface area contributed by atoms with E-state index in [0.29, 0.717) is 24.0 Å². The number of rotatable bonds is 20. The normalized spacial score (nSPS) is 18.7. The quantitative estimate of drug-likeness (QED) is 0.121. The third kappa shape index (κ3) is 15.3. The second kappa shape index (κ2) is 18.2. The number of hydrogen-bond acceptors (Lipinski definition) is 4. The molecule has 1 aliphatic carbocycles. The largest absolute Gasteiger partial charge is 0.465 e. The van der Waals surface area contributed by atoms with Crippen LogP contribution in [0.5, 0.6) is 0 Å². The SMILES string of the molecule is CCCCCCC(C)(C)CCCOC(=O)C1CCC(C(=O)OCCCC(C)(C)CCCCCC)CC1. The molecule has 0 spiro atoms. The van der Waals surface area contributed by atoms with Crippen molar-refractivity contribution < 1.29 is 19.1 Å². The molecule has 0 saturated heterocycles. The minimum Gasteiger partial charge on any atom is -0.465 e. The van der Waals surface area contributed by atoms with Crippen molar-refractivity contribution in [2.75, 3.05) is 13.2 Å². The highest BCUT2D eigenvalue weighted by Gasteiger charge is 2.31. The molecule has 0 unspecified atom stereocenters. The Kier molecular flexibility index (Phi) is 16.7. The van der Waals surface area contributed by atoms with Crippen LogP contribution < -0.4 is 0 Å². The zero-order chi connectivity index (χ0) is 26.9. The standard InChI is InChI=1S/C32H60O4/c1-7-9-11-13-21-31(3,4)23-15-25-35-29(33)27-17-19-28(20-18-27)30(34)36-26-16-24-32(5,6)22-14-12-10-8-2/h27-28H,7-26H2,1-6H3. The van der Waals surface area contributed by atoms with Crippen molar-refractivity contribution in [3.8, 4) is 0 Å². The summed E-state index contributed by atoms with van der Waals surface area (Å²) in [6.07, 6.45) is 20.0. The predicted octanol–water partition coefficient (Wildman–Crippen LogP) is 9.43. The fraction of sp³-hybridized carbons (Fsp3) is 0.938. The van der Waals surface area contributed by atoms with E-state index < -0.39 is 0 Å². The Morgan fingerprint density at radius 2 is 0.889 bits per heavy atom. The van der Waals surface area contributed by atoms with Crippen molar-refractivity contribution >= 4 is 11.9 Å². The molecule has 0 aromatic heterocycles. The van der Waals surface area contributed by atoms with Gasteiger partial charge in [-0.3, -0.25) is 9.59 Å². The summed E-state index contributed by atoms with van der Waals surface area (Å²) in [7, 11) is 0. The van der Waals surface area contributed by atoms with Gasteiger partial charge in [-0.15, -0.1) is 0 Å². The van der Waals surface area contributed by atoms with E-state index in [4.69, 9.17) is 9.47 Å². The molecule has 0 amide bonds. The fourth-order valence-electron chi connectivity index (χ4n) is 5.56. The number of ether oxygens (including phenoxy) is 2. The number of hydrogen-bond donors (Lipinski definition) is 0. The monoisotopic (exact) mass is 508 g/mol. The lowest BCUT2D eigenvalue weighted by molar-refractivity contribution is -0.155. The molecular weight excluding hydrogens is 448 g/mol. The van der Waals surface area contributed by atoms with Crippen molar-refractivity contribution in [3.63, 3.8) is 0 Å². The van der Waals surface area contributed by atoms with Crippen LogP contribution in [0.2, 0.25) is 0 Å². The predicted molar refractivity (Wildman–Crippen MR) is 151 cm³/mol. The van der Waals surface area contributed by atoms with E-state index in [2.05, 4.69) is 41.5 Å². The first-order chi connectivity index (χ1) is 17.1. The lowest BCUT2D eigenvalue weighted by atomic mass is 9.82. The smallest absolute Gasteiger partial charge is 0.308 e. The Labute approximate surface area is 224 Å². The summed E-state index contributed by atoms with van der Waals surface area (Å²) in [5.41, 5.74) is 0.645. The van der Waals surface area contributed by atoms with Crippen LogP contribution in [0.1, 0.15) is 157 Å². The molecule has 1 rings (SSSR count). The van der Waals surface area contributed by atoms with Gasteiger partial charge in [-0.1, -0.05) is 92.9 Å². The van der Waals surface area contributed by atoms with Gasteiger partial charge in [0.2, 0.25) is 0 Å². The summed E-state index contributed by atoms with van der Waals surface area (Å²) in [5, 5.41) is 0. The van der Waals surface area contributed by atoms with Crippen molar-refractivity contribution in [3.05, 3.63) is 0 Å². The van der Waals surface area contributed by atoms with Gasteiger partial charge in [-0.2, -0.15) is 0 Å². The minimum absolute atomic E-state index is 0.0513. The summed E-state index contributed by atoms with van der Waals surface area (Å²) in [5.74, 6) is -0.235. The average Bonchev–Trinajstić information content (AvgIpc) is 2.85. The van der Waals surface area contributed by atoms with E-state index in [9.17, 15) is 9.59 Å². The summed E-state index contributed by atoms with van der Waals surface area (Å²) in [4.78, 5) is 25.0. The highest BCUT2D eigenvalue weighted by Crippen LogP contribution is 2.33. The molecule has 0 atom stereocenters. The molecule has 0 heterocycles. The van der Waals surface area contributed by atoms with Crippen molar-refractivity contribution in [2.45, 2.75) is 157 Å². The molecule has 36 heavy (non-hydrogen) atoms. The maximum atomic E-state index is 12.5. The Balaban J connectivity index is 2.15. The molecular formula is C32H60O4. The Morgan fingerprint density at radius 1 is 0.556 bits per heavy atom. The fourth-order valence-corrected chi connectivity index (χ4v) is 5.56. The molecule has 0 aromatic carbocycles. The first-order valence-electron chi connectivity index (χ1n) is 15.4. The van der Waals surface area contributed by atoms with Gasteiger partial charge in [0.1, 0.15) is 0 Å². The molecule has 0 N–H and O–H groups in total. The molecule has 4 heteroatoms. The molecule has 0 aliphatic heterocycles. The van der Waals surface area contributed by atoms with Gasteiger partial charge < -0.3 is 9.47 Å². The second-order valence-electron chi connectivity index (χ2n) is 13.0. The van der Waals surface area contributed by atoms with Gasteiger partial charge in [0.25, 0.3) is 0 Å². The van der Waals surface area contributed by atoms with E-state index in [0.717, 1.165) is 51.4 Å². The van der Waals surface area contributed by atoms with Gasteiger partial charge in [-0.25, -0.2) is 0 Å². The maximum absolute atomic E-state index is 12.5. The third-order valence-electron chi connectivity index (χ3n) is 8.29. The lowest BCUT2D eigenvalue weighted by Gasteiger charge is -2.27. The van der Waals surface area contributed by atoms with Crippen molar-refractivity contribution in [1.29, 1.82) is 0 Å². The van der Waals surface area contributed by atoms with Crippen LogP contribution in [0.4, 0.5) is 0 Å². The summed E-state index contributed by atoms with van der Waals surface area (Å²) >= 11 is 0. The second-order valence-corrected chi connectivity index (χ2v) is 13.0. The zero-order valence-corrected chi connectivity index (χ0v) is 24.9. The molecule has 1 aliphatic rings. The van der Waals surface area contributed by atoms with Gasteiger partial charge in [-0.05, 0) is 75.0 Å². The number of carbonyl (C=O) groups excluding carboxylic acids is 2. The van der Waals surface area contributed by atoms with E-state index in [1.54, 1.807) is 0 Å². The Bertz CT molecular complexity index is 535. The topological polar surface area (TPSA) is 52.6 Å². The first-order valence-corrected chi connectivity index (χ1v) is 15.4. The highest BCUT2D eigenvalue weighted by molar-refractivity contribution is 5.75. The summed E-state index contributed by atoms with van der Waals surface area (Å²) in [6.45, 7) is 14.9. The average molecular weight is 509 g/mol. The van der Waals surface area contributed by atoms with E-state index >= 15 is 0 Å². The van der Waals surface area contributed by atoms with E-state index in [-0.39, 0.29) is 23.8 Å². The van der Waals surface area contributed by atoms with Crippen LogP contribution in [-0.2, 0) is 19.1 Å². The van der Waals surface area contributed by atoms with Crippen LogP contribution in [-0.4, -0.2) is 25.2 Å². The van der Waals surface area contributed by atoms with Crippen LogP contribution in [0.3, 0.4) is 0 Å². The molecule has 0 radical (unpaired) electrons. The zero-order valence-electron chi connectivity index (χ0n) is 24.9. The van der Waals surface area contributed by atoms with Gasteiger partial charge in [0.05, 0.1) is 25.0 Å². The van der Waals surface area contributed by atoms with Gasteiger partial charge >= 0.3 is 11.9 Å². The van der Waals surface area contributed by atoms with Crippen LogP contribution in [0.15, 0.2) is 0 Å². The number of carbonyl (C=O) groups is 2. The van der Waals surface area contributed by atoms with E-state index in [1.807, 2.05) is 0 Å². The van der Waals surface area contributed by atoms with Crippen molar-refractivity contribution in [1.82, 2.24) is 0 Å². The minimum atomic E-state index is -0.0660. The molecule has 1 saturated carbocycles. The first kappa shape index (κ1) is 33.0. The van der Waals surface area contributed by atoms with Gasteiger partial charge in [0.15, 0.2) is 0 Å². The molecule has 1 fully saturated rings. The summed E-state index contributed by atoms with van der Waals surface area (Å²) in [6, 6.07) is 0. The van der Waals surface area contributed by atoms with Crippen LogP contribution in [0, 0.1) is 22.7 Å². The van der Waals surface area contributed by atoms with Gasteiger partial charge in [0, 0.05) is 0 Å². The Hall–Kier alpha value is -1.06. The molecule has 212 valence electrons. The van der Waals surface area contributed by atoms with Crippen molar-refractivity contribution in [2.24, 2.45) is 22.7 Å². The highest BCUT2D eigenvalue weighted by atomic mass is 16.5. The lowest BCUT2D eigenvalue weighted by Crippen LogP contribution is -2.28. The maximum Gasteiger partial charge on any atom is 0.308 e. The third-order valence-corrected chi connectivity index (χ3v) is 8.29. The Morgan fingerprint density at radius 3 is 1.22 bits per heavy atom. The van der Waals surface area contributed by atoms with E-state index in [1.165, 1.54) is 64.2 Å². The van der Waals surface area contributed by atoms with Crippen LogP contribution >= 0.6 is 0 Å². The molecule has 0 bridgehead atoms. The summed E-state index contributed by atoms with van der Waals surface area (Å²) < 4.78 is 11.2.